The summed E-state index contributed by atoms with van der Waals surface area (Å²) in [5.74, 6) is 1.06. The number of nitrogens with zero attached hydrogens (tertiary/aromatic N) is 2. The molecule has 3 aromatic rings. The first-order chi connectivity index (χ1) is 11.7. The Balaban J connectivity index is 1.53. The van der Waals surface area contributed by atoms with Crippen molar-refractivity contribution >= 4 is 45.7 Å². The average molecular weight is 376 g/mol. The Kier molecular flexibility index (Phi) is 5.85. The zero-order valence-electron chi connectivity index (χ0n) is 12.6. The smallest absolute Gasteiger partial charge is 0.236 e. The van der Waals surface area contributed by atoms with Crippen molar-refractivity contribution in [1.29, 1.82) is 0 Å². The molecule has 2 aromatic heterocycles. The quantitative estimate of drug-likeness (QED) is 0.676. The molecule has 4 nitrogen and oxygen atoms in total. The summed E-state index contributed by atoms with van der Waals surface area (Å²) in [6.45, 7) is 0. The highest BCUT2D eigenvalue weighted by atomic mass is 35.5. The molecule has 0 atom stereocenters. The summed E-state index contributed by atoms with van der Waals surface area (Å²) in [6, 6.07) is 11.4. The normalized spacial score (nSPS) is 10.5. The summed E-state index contributed by atoms with van der Waals surface area (Å²) in [7, 11) is 0. The van der Waals surface area contributed by atoms with Crippen molar-refractivity contribution in [2.24, 2.45) is 0 Å². The van der Waals surface area contributed by atoms with Crippen molar-refractivity contribution in [2.45, 2.75) is 5.75 Å². The van der Waals surface area contributed by atoms with Gasteiger partial charge in [0.1, 0.15) is 0 Å². The van der Waals surface area contributed by atoms with Crippen molar-refractivity contribution in [3.05, 3.63) is 64.8 Å². The molecule has 0 bridgehead atoms. The minimum Gasteiger partial charge on any atom is -0.301 e. The molecule has 0 fully saturated rings. The molecular formula is C17H14ClN3OS2. The highest BCUT2D eigenvalue weighted by molar-refractivity contribution is 7.99. The lowest BCUT2D eigenvalue weighted by atomic mass is 10.2. The molecule has 2 heterocycles. The number of aromatic nitrogens is 2. The number of amides is 1. The van der Waals surface area contributed by atoms with Gasteiger partial charge in [-0.25, -0.2) is 4.98 Å². The van der Waals surface area contributed by atoms with Crippen LogP contribution in [0.25, 0.3) is 11.3 Å². The first-order valence-corrected chi connectivity index (χ1v) is 9.60. The largest absolute Gasteiger partial charge is 0.301 e. The van der Waals surface area contributed by atoms with Crippen LogP contribution in [0.5, 0.6) is 0 Å². The molecule has 0 spiro atoms. The van der Waals surface area contributed by atoms with E-state index >= 15 is 0 Å². The molecule has 1 amide bonds. The fraction of sp³-hybridized carbons (Fsp3) is 0.118. The molecule has 0 aliphatic heterocycles. The molecule has 122 valence electrons. The number of halogens is 1. The molecule has 0 saturated carbocycles. The van der Waals surface area contributed by atoms with Crippen LogP contribution in [0.2, 0.25) is 5.02 Å². The van der Waals surface area contributed by atoms with E-state index in [1.54, 1.807) is 18.0 Å². The van der Waals surface area contributed by atoms with E-state index in [0.29, 0.717) is 15.9 Å². The number of hydrogen-bond acceptors (Lipinski definition) is 5. The fourth-order valence-corrected chi connectivity index (χ4v) is 3.75. The van der Waals surface area contributed by atoms with Gasteiger partial charge in [0.25, 0.3) is 0 Å². The second-order valence-electron chi connectivity index (χ2n) is 4.92. The number of thiazole rings is 1. The van der Waals surface area contributed by atoms with Crippen LogP contribution in [-0.4, -0.2) is 21.6 Å². The molecule has 0 unspecified atom stereocenters. The summed E-state index contributed by atoms with van der Waals surface area (Å²) in [5.41, 5.74) is 2.73. The van der Waals surface area contributed by atoms with Crippen LogP contribution in [0.4, 0.5) is 5.13 Å². The van der Waals surface area contributed by atoms with Gasteiger partial charge in [-0.15, -0.1) is 23.1 Å². The molecule has 0 saturated heterocycles. The Bertz CT molecular complexity index is 823. The van der Waals surface area contributed by atoms with E-state index in [1.165, 1.54) is 11.3 Å². The minimum atomic E-state index is -0.0658. The van der Waals surface area contributed by atoms with Crippen molar-refractivity contribution < 1.29 is 4.79 Å². The van der Waals surface area contributed by atoms with Crippen LogP contribution in [0, 0.1) is 0 Å². The second-order valence-corrected chi connectivity index (χ2v) is 7.17. The first-order valence-electron chi connectivity index (χ1n) is 7.19. The van der Waals surface area contributed by atoms with E-state index in [2.05, 4.69) is 15.3 Å². The molecular weight excluding hydrogens is 362 g/mol. The van der Waals surface area contributed by atoms with Gasteiger partial charge in [0.05, 0.1) is 11.4 Å². The van der Waals surface area contributed by atoms with Gasteiger partial charge in [-0.3, -0.25) is 9.78 Å². The maximum Gasteiger partial charge on any atom is 0.236 e. The maximum absolute atomic E-state index is 12.0. The summed E-state index contributed by atoms with van der Waals surface area (Å²) < 4.78 is 0. The summed E-state index contributed by atoms with van der Waals surface area (Å²) >= 11 is 9.10. The molecule has 1 aromatic carbocycles. The third-order valence-electron chi connectivity index (χ3n) is 3.13. The van der Waals surface area contributed by atoms with Crippen LogP contribution in [0.1, 0.15) is 5.56 Å². The van der Waals surface area contributed by atoms with Gasteiger partial charge in [-0.2, -0.15) is 0 Å². The van der Waals surface area contributed by atoms with Gasteiger partial charge in [-0.1, -0.05) is 35.9 Å². The summed E-state index contributed by atoms with van der Waals surface area (Å²) in [4.78, 5) is 20.5. The monoisotopic (exact) mass is 375 g/mol. The van der Waals surface area contributed by atoms with Gasteiger partial charge in [0.2, 0.25) is 5.91 Å². The Morgan fingerprint density at radius 2 is 2.12 bits per heavy atom. The molecule has 0 radical (unpaired) electrons. The van der Waals surface area contributed by atoms with Crippen molar-refractivity contribution in [2.75, 3.05) is 11.1 Å². The van der Waals surface area contributed by atoms with E-state index in [0.717, 1.165) is 22.6 Å². The Morgan fingerprint density at radius 3 is 2.92 bits per heavy atom. The third kappa shape index (κ3) is 4.56. The highest BCUT2D eigenvalue weighted by Crippen LogP contribution is 2.30. The molecule has 0 aliphatic carbocycles. The Hall–Kier alpha value is -1.89. The topological polar surface area (TPSA) is 54.9 Å². The van der Waals surface area contributed by atoms with Crippen molar-refractivity contribution in [3.63, 3.8) is 0 Å². The van der Waals surface area contributed by atoms with E-state index in [-0.39, 0.29) is 5.91 Å². The maximum atomic E-state index is 12.0. The number of carbonyl (C=O) groups is 1. The summed E-state index contributed by atoms with van der Waals surface area (Å²) in [5, 5.41) is 5.94. The van der Waals surface area contributed by atoms with Crippen LogP contribution >= 0.6 is 34.7 Å². The van der Waals surface area contributed by atoms with Crippen LogP contribution < -0.4 is 5.32 Å². The predicted octanol–water partition coefficient (Wildman–Crippen LogP) is 4.73. The van der Waals surface area contributed by atoms with Crippen LogP contribution in [0.3, 0.4) is 0 Å². The Morgan fingerprint density at radius 1 is 1.25 bits per heavy atom. The molecule has 24 heavy (non-hydrogen) atoms. The number of pyridine rings is 1. The zero-order chi connectivity index (χ0) is 16.8. The van der Waals surface area contributed by atoms with Crippen LogP contribution in [-0.2, 0) is 10.5 Å². The van der Waals surface area contributed by atoms with Crippen LogP contribution in [0.15, 0.2) is 54.2 Å². The highest BCUT2D eigenvalue weighted by Gasteiger charge is 2.10. The average Bonchev–Trinajstić information content (AvgIpc) is 3.04. The third-order valence-corrected chi connectivity index (χ3v) is 5.22. The van der Waals surface area contributed by atoms with E-state index in [4.69, 9.17) is 11.6 Å². The number of carbonyl (C=O) groups excluding carboxylic acids is 1. The zero-order valence-corrected chi connectivity index (χ0v) is 15.0. The molecule has 0 aliphatic rings. The summed E-state index contributed by atoms with van der Waals surface area (Å²) in [6.07, 6.45) is 3.54. The van der Waals surface area contributed by atoms with Gasteiger partial charge < -0.3 is 5.32 Å². The number of hydrogen-bond donors (Lipinski definition) is 1. The lowest BCUT2D eigenvalue weighted by molar-refractivity contribution is -0.113. The number of rotatable bonds is 6. The van der Waals surface area contributed by atoms with Gasteiger partial charge in [0.15, 0.2) is 5.13 Å². The first kappa shape index (κ1) is 17.0. The minimum absolute atomic E-state index is 0.0658. The number of nitrogens with one attached hydrogen (secondary N) is 1. The van der Waals surface area contributed by atoms with Gasteiger partial charge >= 0.3 is 0 Å². The number of thioether (sulfide) groups is 1. The van der Waals surface area contributed by atoms with E-state index in [9.17, 15) is 4.79 Å². The van der Waals surface area contributed by atoms with Crippen molar-refractivity contribution in [3.8, 4) is 11.3 Å². The lowest BCUT2D eigenvalue weighted by Gasteiger charge is -2.02. The predicted molar refractivity (Wildman–Crippen MR) is 102 cm³/mol. The molecule has 1 N–H and O–H groups in total. The second kappa shape index (κ2) is 8.28. The lowest BCUT2D eigenvalue weighted by Crippen LogP contribution is -2.14. The van der Waals surface area contributed by atoms with Gasteiger partial charge in [0, 0.05) is 34.1 Å². The fourth-order valence-electron chi connectivity index (χ4n) is 2.02. The SMILES string of the molecule is O=C(CSCc1cccnc1)Nc1nc(-c2ccccc2Cl)cs1. The van der Waals surface area contributed by atoms with Crippen molar-refractivity contribution in [1.82, 2.24) is 9.97 Å². The molecule has 3 rings (SSSR count). The number of anilines is 1. The van der Waals surface area contributed by atoms with E-state index < -0.39 is 0 Å². The standard InChI is InChI=1S/C17H14ClN3OS2/c18-14-6-2-1-5-13(14)15-10-24-17(20-15)21-16(22)11-23-9-12-4-3-7-19-8-12/h1-8,10H,9,11H2,(H,20,21,22). The van der Waals surface area contributed by atoms with E-state index in [1.807, 2.05) is 48.0 Å². The Labute approximate surface area is 153 Å². The number of benzene rings is 1. The molecule has 7 heteroatoms. The van der Waals surface area contributed by atoms with Gasteiger partial charge in [-0.05, 0) is 17.7 Å².